The fourth-order valence-corrected chi connectivity index (χ4v) is 2.39. The molecule has 122 valence electrons. The molecule has 3 rings (SSSR count). The van der Waals surface area contributed by atoms with Gasteiger partial charge in [0.1, 0.15) is 22.8 Å². The maximum absolute atomic E-state index is 12.4. The van der Waals surface area contributed by atoms with Crippen LogP contribution in [0.1, 0.15) is 15.9 Å². The minimum atomic E-state index is -1.20. The second-order valence-electron chi connectivity index (χ2n) is 5.19. The van der Waals surface area contributed by atoms with Gasteiger partial charge < -0.3 is 15.5 Å². The molecule has 1 aromatic heterocycles. The molecule has 0 saturated carbocycles. The number of phenolic OH excluding ortho intramolecular Hbond substituents is 1. The van der Waals surface area contributed by atoms with Crippen molar-refractivity contribution in [1.82, 2.24) is 20.7 Å². The molecule has 1 heterocycles. The summed E-state index contributed by atoms with van der Waals surface area (Å²) < 4.78 is 0. The molecule has 0 spiro atoms. The zero-order chi connectivity index (χ0) is 17.1. The standard InChI is InChI=1S/C16H14N4O4/c21-13-7-2-1-4-9(13)8-12(16(23)24)17-15(22)10-5-3-6-11-14(10)19-20-18-11/h1-7,12,21H,8H2,(H,17,22)(H,23,24)(H,18,19,20). The molecule has 0 aliphatic carbocycles. The Bertz CT molecular complexity index is 906. The molecule has 0 aliphatic rings. The Kier molecular flexibility index (Phi) is 4.11. The summed E-state index contributed by atoms with van der Waals surface area (Å²) in [6.45, 7) is 0. The molecule has 8 nitrogen and oxygen atoms in total. The number of carboxylic acid groups (broad SMARTS) is 1. The van der Waals surface area contributed by atoms with Gasteiger partial charge in [-0.15, -0.1) is 0 Å². The number of aromatic hydroxyl groups is 1. The van der Waals surface area contributed by atoms with Gasteiger partial charge in [0.05, 0.1) is 5.56 Å². The molecule has 0 bridgehead atoms. The second-order valence-corrected chi connectivity index (χ2v) is 5.19. The van der Waals surface area contributed by atoms with E-state index in [0.717, 1.165) is 0 Å². The van der Waals surface area contributed by atoms with Crippen LogP contribution in [-0.2, 0) is 11.2 Å². The SMILES string of the molecule is O=C(NC(Cc1ccccc1O)C(=O)O)c1cccc2n[nH]nc12. The predicted octanol–water partition coefficient (Wildman–Crippen LogP) is 1.09. The molecule has 24 heavy (non-hydrogen) atoms. The lowest BCUT2D eigenvalue weighted by molar-refractivity contribution is -0.139. The number of hydrogen-bond acceptors (Lipinski definition) is 5. The van der Waals surface area contributed by atoms with Gasteiger partial charge in [-0.25, -0.2) is 4.79 Å². The summed E-state index contributed by atoms with van der Waals surface area (Å²) in [4.78, 5) is 23.9. The van der Waals surface area contributed by atoms with Crippen LogP contribution in [0.4, 0.5) is 0 Å². The second kappa shape index (κ2) is 6.37. The van der Waals surface area contributed by atoms with Crippen molar-refractivity contribution < 1.29 is 19.8 Å². The molecule has 1 unspecified atom stereocenters. The van der Waals surface area contributed by atoms with E-state index in [0.29, 0.717) is 16.6 Å². The van der Waals surface area contributed by atoms with Gasteiger partial charge >= 0.3 is 5.97 Å². The van der Waals surface area contributed by atoms with Crippen molar-refractivity contribution in [2.24, 2.45) is 0 Å². The third-order valence-corrected chi connectivity index (χ3v) is 3.61. The third kappa shape index (κ3) is 3.02. The van der Waals surface area contributed by atoms with E-state index in [9.17, 15) is 19.8 Å². The summed E-state index contributed by atoms with van der Waals surface area (Å²) in [6, 6.07) is 10.1. The van der Waals surface area contributed by atoms with Crippen molar-refractivity contribution in [3.8, 4) is 5.75 Å². The van der Waals surface area contributed by atoms with Gasteiger partial charge in [-0.1, -0.05) is 24.3 Å². The number of H-pyrrole nitrogens is 1. The molecule has 0 saturated heterocycles. The highest BCUT2D eigenvalue weighted by atomic mass is 16.4. The molecule has 2 aromatic carbocycles. The first-order chi connectivity index (χ1) is 11.6. The monoisotopic (exact) mass is 326 g/mol. The van der Waals surface area contributed by atoms with Crippen LogP contribution in [0.5, 0.6) is 5.75 Å². The van der Waals surface area contributed by atoms with Gasteiger partial charge in [-0.3, -0.25) is 4.79 Å². The summed E-state index contributed by atoms with van der Waals surface area (Å²) in [5.74, 6) is -1.78. The van der Waals surface area contributed by atoms with Crippen LogP contribution in [0.3, 0.4) is 0 Å². The first-order valence-corrected chi connectivity index (χ1v) is 7.16. The lowest BCUT2D eigenvalue weighted by Gasteiger charge is -2.15. The molecule has 0 aliphatic heterocycles. The number of carbonyl (C=O) groups is 2. The van der Waals surface area contributed by atoms with E-state index in [4.69, 9.17) is 0 Å². The van der Waals surface area contributed by atoms with Crippen LogP contribution in [0, 0.1) is 0 Å². The summed E-state index contributed by atoms with van der Waals surface area (Å²) >= 11 is 0. The number of nitrogens with one attached hydrogen (secondary N) is 2. The van der Waals surface area contributed by atoms with E-state index in [2.05, 4.69) is 20.7 Å². The average Bonchev–Trinajstić information content (AvgIpc) is 3.04. The molecule has 8 heteroatoms. The summed E-state index contributed by atoms with van der Waals surface area (Å²) in [5.41, 5.74) is 1.53. The van der Waals surface area contributed by atoms with Crippen LogP contribution in [0.2, 0.25) is 0 Å². The largest absolute Gasteiger partial charge is 0.508 e. The van der Waals surface area contributed by atoms with E-state index in [1.54, 1.807) is 36.4 Å². The third-order valence-electron chi connectivity index (χ3n) is 3.61. The van der Waals surface area contributed by atoms with Crippen LogP contribution < -0.4 is 5.32 Å². The number of carbonyl (C=O) groups excluding carboxylic acids is 1. The number of carboxylic acids is 1. The number of para-hydroxylation sites is 2. The Hall–Kier alpha value is -3.42. The number of fused-ring (bicyclic) bond motifs is 1. The van der Waals surface area contributed by atoms with Gasteiger partial charge in [-0.2, -0.15) is 15.4 Å². The van der Waals surface area contributed by atoms with Crippen molar-refractivity contribution in [2.75, 3.05) is 0 Å². The van der Waals surface area contributed by atoms with Crippen molar-refractivity contribution in [2.45, 2.75) is 12.5 Å². The average molecular weight is 326 g/mol. The quantitative estimate of drug-likeness (QED) is 0.555. The van der Waals surface area contributed by atoms with Crippen LogP contribution in [0.15, 0.2) is 42.5 Å². The lowest BCUT2D eigenvalue weighted by Crippen LogP contribution is -2.42. The number of aromatic amines is 1. The molecule has 1 amide bonds. The fourth-order valence-electron chi connectivity index (χ4n) is 2.39. The molecule has 0 fully saturated rings. The number of benzene rings is 2. The Morgan fingerprint density at radius 3 is 2.67 bits per heavy atom. The fraction of sp³-hybridized carbons (Fsp3) is 0.125. The number of amides is 1. The minimum Gasteiger partial charge on any atom is -0.508 e. The van der Waals surface area contributed by atoms with Crippen molar-refractivity contribution in [1.29, 1.82) is 0 Å². The summed E-state index contributed by atoms with van der Waals surface area (Å²) in [7, 11) is 0. The van der Waals surface area contributed by atoms with Crippen LogP contribution >= 0.6 is 0 Å². The molecule has 4 N–H and O–H groups in total. The van der Waals surface area contributed by atoms with Crippen LogP contribution in [0.25, 0.3) is 11.0 Å². The van der Waals surface area contributed by atoms with Crippen molar-refractivity contribution in [3.05, 3.63) is 53.6 Å². The van der Waals surface area contributed by atoms with E-state index in [-0.39, 0.29) is 17.7 Å². The zero-order valence-corrected chi connectivity index (χ0v) is 12.4. The zero-order valence-electron chi connectivity index (χ0n) is 12.4. The van der Waals surface area contributed by atoms with Gasteiger partial charge in [0.15, 0.2) is 0 Å². The summed E-state index contributed by atoms with van der Waals surface area (Å²) in [5, 5.41) is 31.8. The Morgan fingerprint density at radius 1 is 1.12 bits per heavy atom. The van der Waals surface area contributed by atoms with E-state index in [1.807, 2.05) is 0 Å². The van der Waals surface area contributed by atoms with Crippen molar-refractivity contribution >= 4 is 22.9 Å². The number of phenols is 1. The van der Waals surface area contributed by atoms with E-state index < -0.39 is 17.9 Å². The van der Waals surface area contributed by atoms with Gasteiger partial charge in [0.2, 0.25) is 0 Å². The molecule has 0 radical (unpaired) electrons. The number of hydrogen-bond donors (Lipinski definition) is 4. The first-order valence-electron chi connectivity index (χ1n) is 7.16. The topological polar surface area (TPSA) is 128 Å². The Balaban J connectivity index is 1.83. The molecule has 1 atom stereocenters. The smallest absolute Gasteiger partial charge is 0.326 e. The van der Waals surface area contributed by atoms with Crippen molar-refractivity contribution in [3.63, 3.8) is 0 Å². The van der Waals surface area contributed by atoms with E-state index in [1.165, 1.54) is 6.07 Å². The molecule has 3 aromatic rings. The highest BCUT2D eigenvalue weighted by Crippen LogP contribution is 2.18. The minimum absolute atomic E-state index is 0.0170. The number of aromatic nitrogens is 3. The van der Waals surface area contributed by atoms with E-state index >= 15 is 0 Å². The highest BCUT2D eigenvalue weighted by Gasteiger charge is 2.23. The molecular formula is C16H14N4O4. The highest BCUT2D eigenvalue weighted by molar-refractivity contribution is 6.05. The number of rotatable bonds is 5. The van der Waals surface area contributed by atoms with Gasteiger partial charge in [0.25, 0.3) is 5.91 Å². The lowest BCUT2D eigenvalue weighted by atomic mass is 10.0. The molecular weight excluding hydrogens is 312 g/mol. The maximum atomic E-state index is 12.4. The normalized spacial score (nSPS) is 12.0. The Morgan fingerprint density at radius 2 is 1.92 bits per heavy atom. The Labute approximate surface area is 136 Å². The van der Waals surface area contributed by atoms with Gasteiger partial charge in [-0.05, 0) is 23.8 Å². The maximum Gasteiger partial charge on any atom is 0.326 e. The van der Waals surface area contributed by atoms with Gasteiger partial charge in [0, 0.05) is 6.42 Å². The predicted molar refractivity (Wildman–Crippen MR) is 84.6 cm³/mol. The number of nitrogens with zero attached hydrogens (tertiary/aromatic N) is 2. The first kappa shape index (κ1) is 15.5. The number of aliphatic carboxylic acids is 1. The van der Waals surface area contributed by atoms with Crippen LogP contribution in [-0.4, -0.2) is 43.5 Å². The summed E-state index contributed by atoms with van der Waals surface area (Å²) in [6.07, 6.45) is -0.0391.